The van der Waals surface area contributed by atoms with Crippen LogP contribution in [0.4, 0.5) is 17.1 Å². The number of aryl methyl sites for hydroxylation is 1. The minimum Gasteiger partial charge on any atom is -0.495 e. The van der Waals surface area contributed by atoms with Crippen LogP contribution in [0, 0.1) is 6.92 Å². The molecule has 0 aliphatic rings. The Morgan fingerprint density at radius 1 is 0.947 bits per heavy atom. The predicted octanol–water partition coefficient (Wildman–Crippen LogP) is 3.34. The Morgan fingerprint density at radius 2 is 1.68 bits per heavy atom. The van der Waals surface area contributed by atoms with Gasteiger partial charge in [0.15, 0.2) is 0 Å². The van der Waals surface area contributed by atoms with Gasteiger partial charge in [-0.05, 0) is 36.8 Å². The van der Waals surface area contributed by atoms with Gasteiger partial charge in [-0.1, -0.05) is 6.07 Å². The van der Waals surface area contributed by atoms with Crippen molar-refractivity contribution in [3.05, 3.63) is 42.0 Å². The molecule has 2 aromatic rings. The molecule has 3 N–H and O–H groups in total. The first-order chi connectivity index (χ1) is 9.13. The third-order valence-corrected chi connectivity index (χ3v) is 2.87. The second kappa shape index (κ2) is 5.52. The Hall–Kier alpha value is -2.36. The fourth-order valence-electron chi connectivity index (χ4n) is 1.86. The van der Waals surface area contributed by atoms with Crippen molar-refractivity contribution in [3.8, 4) is 11.5 Å². The van der Waals surface area contributed by atoms with Gasteiger partial charge in [0, 0.05) is 11.8 Å². The molecule has 19 heavy (non-hydrogen) atoms. The van der Waals surface area contributed by atoms with E-state index in [0.717, 1.165) is 22.7 Å². The number of ether oxygens (including phenoxy) is 2. The molecule has 0 fully saturated rings. The largest absolute Gasteiger partial charge is 0.495 e. The summed E-state index contributed by atoms with van der Waals surface area (Å²) in [5.41, 5.74) is 9.38. The number of benzene rings is 2. The van der Waals surface area contributed by atoms with E-state index in [4.69, 9.17) is 15.2 Å². The van der Waals surface area contributed by atoms with Crippen molar-refractivity contribution in [2.24, 2.45) is 0 Å². The molecular formula is C15H18N2O2. The second-order valence-corrected chi connectivity index (χ2v) is 4.29. The van der Waals surface area contributed by atoms with Gasteiger partial charge in [-0.2, -0.15) is 0 Å². The smallest absolute Gasteiger partial charge is 0.143 e. The first kappa shape index (κ1) is 13.1. The van der Waals surface area contributed by atoms with Gasteiger partial charge in [0.2, 0.25) is 0 Å². The lowest BCUT2D eigenvalue weighted by Crippen LogP contribution is -1.97. The topological polar surface area (TPSA) is 56.5 Å². The summed E-state index contributed by atoms with van der Waals surface area (Å²) in [6.45, 7) is 2.04. The van der Waals surface area contributed by atoms with Crippen LogP contribution >= 0.6 is 0 Å². The fourth-order valence-corrected chi connectivity index (χ4v) is 1.86. The Morgan fingerprint density at radius 3 is 2.37 bits per heavy atom. The maximum absolute atomic E-state index is 5.80. The normalized spacial score (nSPS) is 10.1. The van der Waals surface area contributed by atoms with Gasteiger partial charge >= 0.3 is 0 Å². The summed E-state index contributed by atoms with van der Waals surface area (Å²) in [5.74, 6) is 1.44. The molecule has 0 amide bonds. The summed E-state index contributed by atoms with van der Waals surface area (Å²) in [6.07, 6.45) is 0. The van der Waals surface area contributed by atoms with Crippen LogP contribution in [0.2, 0.25) is 0 Å². The van der Waals surface area contributed by atoms with Crippen LogP contribution < -0.4 is 20.5 Å². The van der Waals surface area contributed by atoms with E-state index in [0.29, 0.717) is 11.4 Å². The Labute approximate surface area is 113 Å². The van der Waals surface area contributed by atoms with Crippen LogP contribution in [0.5, 0.6) is 11.5 Å². The molecule has 2 rings (SSSR count). The van der Waals surface area contributed by atoms with E-state index in [2.05, 4.69) is 5.32 Å². The molecule has 0 saturated heterocycles. The van der Waals surface area contributed by atoms with Crippen molar-refractivity contribution >= 4 is 17.1 Å². The van der Waals surface area contributed by atoms with E-state index in [9.17, 15) is 0 Å². The second-order valence-electron chi connectivity index (χ2n) is 4.29. The molecule has 4 nitrogen and oxygen atoms in total. The number of anilines is 3. The van der Waals surface area contributed by atoms with E-state index in [1.165, 1.54) is 0 Å². The van der Waals surface area contributed by atoms with E-state index in [1.807, 2.05) is 43.3 Å². The number of nitrogens with two attached hydrogens (primary N) is 1. The van der Waals surface area contributed by atoms with Crippen molar-refractivity contribution < 1.29 is 9.47 Å². The lowest BCUT2D eigenvalue weighted by molar-refractivity contribution is 0.416. The van der Waals surface area contributed by atoms with Gasteiger partial charge in [-0.3, -0.25) is 0 Å². The van der Waals surface area contributed by atoms with Crippen molar-refractivity contribution in [1.82, 2.24) is 0 Å². The van der Waals surface area contributed by atoms with Gasteiger partial charge in [-0.15, -0.1) is 0 Å². The quantitative estimate of drug-likeness (QED) is 0.826. The lowest BCUT2D eigenvalue weighted by atomic mass is 10.2. The molecule has 0 saturated carbocycles. The molecule has 4 heteroatoms. The van der Waals surface area contributed by atoms with E-state index in [-0.39, 0.29) is 0 Å². The maximum Gasteiger partial charge on any atom is 0.143 e. The molecule has 0 spiro atoms. The van der Waals surface area contributed by atoms with Crippen molar-refractivity contribution in [3.63, 3.8) is 0 Å². The maximum atomic E-state index is 5.80. The molecule has 0 unspecified atom stereocenters. The molecule has 0 atom stereocenters. The standard InChI is InChI=1S/C15H18N2O2/c1-10-4-7-14(18-2)13(8-10)17-11-5-6-12(16)15(9-11)19-3/h4-9,17H,16H2,1-3H3. The van der Waals surface area contributed by atoms with Gasteiger partial charge < -0.3 is 20.5 Å². The Kier molecular flexibility index (Phi) is 3.80. The van der Waals surface area contributed by atoms with Crippen molar-refractivity contribution in [1.29, 1.82) is 0 Å². The minimum absolute atomic E-state index is 0.615. The first-order valence-corrected chi connectivity index (χ1v) is 5.99. The van der Waals surface area contributed by atoms with Crippen molar-refractivity contribution in [2.45, 2.75) is 6.92 Å². The Balaban J connectivity index is 2.33. The number of nitrogen functional groups attached to an aromatic ring is 1. The molecular weight excluding hydrogens is 240 g/mol. The van der Waals surface area contributed by atoms with E-state index < -0.39 is 0 Å². The summed E-state index contributed by atoms with van der Waals surface area (Å²) < 4.78 is 10.5. The molecule has 2 aromatic carbocycles. The number of hydrogen-bond acceptors (Lipinski definition) is 4. The number of hydrogen-bond donors (Lipinski definition) is 2. The zero-order valence-electron chi connectivity index (χ0n) is 11.4. The average Bonchev–Trinajstić information content (AvgIpc) is 2.41. The summed E-state index contributed by atoms with van der Waals surface area (Å²) in [7, 11) is 3.25. The van der Waals surface area contributed by atoms with Gasteiger partial charge in [0.05, 0.1) is 25.6 Å². The monoisotopic (exact) mass is 258 g/mol. The summed E-state index contributed by atoms with van der Waals surface area (Å²) >= 11 is 0. The van der Waals surface area contributed by atoms with Crippen molar-refractivity contribution in [2.75, 3.05) is 25.3 Å². The zero-order valence-corrected chi connectivity index (χ0v) is 11.4. The minimum atomic E-state index is 0.615. The van der Waals surface area contributed by atoms with Crippen LogP contribution in [0.1, 0.15) is 5.56 Å². The molecule has 0 bridgehead atoms. The van der Waals surface area contributed by atoms with Crippen LogP contribution in [-0.2, 0) is 0 Å². The van der Waals surface area contributed by atoms with Gasteiger partial charge in [-0.25, -0.2) is 0 Å². The number of methoxy groups -OCH3 is 2. The van der Waals surface area contributed by atoms with Gasteiger partial charge in [0.25, 0.3) is 0 Å². The average molecular weight is 258 g/mol. The fraction of sp³-hybridized carbons (Fsp3) is 0.200. The molecule has 100 valence electrons. The highest BCUT2D eigenvalue weighted by Crippen LogP contribution is 2.31. The highest BCUT2D eigenvalue weighted by Gasteiger charge is 2.05. The summed E-state index contributed by atoms with van der Waals surface area (Å²) in [6, 6.07) is 11.5. The lowest BCUT2D eigenvalue weighted by Gasteiger charge is -2.13. The third kappa shape index (κ3) is 2.91. The summed E-state index contributed by atoms with van der Waals surface area (Å²) in [4.78, 5) is 0. The predicted molar refractivity (Wildman–Crippen MR) is 78.4 cm³/mol. The highest BCUT2D eigenvalue weighted by molar-refractivity contribution is 5.70. The molecule has 0 heterocycles. The number of rotatable bonds is 4. The molecule has 0 aliphatic carbocycles. The first-order valence-electron chi connectivity index (χ1n) is 5.99. The van der Waals surface area contributed by atoms with Crippen LogP contribution in [0.25, 0.3) is 0 Å². The van der Waals surface area contributed by atoms with Crippen LogP contribution in [-0.4, -0.2) is 14.2 Å². The van der Waals surface area contributed by atoms with Crippen LogP contribution in [0.3, 0.4) is 0 Å². The van der Waals surface area contributed by atoms with Crippen LogP contribution in [0.15, 0.2) is 36.4 Å². The van der Waals surface area contributed by atoms with E-state index in [1.54, 1.807) is 14.2 Å². The Bertz CT molecular complexity index is 582. The number of nitrogens with one attached hydrogen (secondary N) is 1. The SMILES string of the molecule is COc1cc(Nc2cc(C)ccc2OC)ccc1N. The molecule has 0 aromatic heterocycles. The highest BCUT2D eigenvalue weighted by atomic mass is 16.5. The summed E-state index contributed by atoms with van der Waals surface area (Å²) in [5, 5.41) is 3.31. The zero-order chi connectivity index (χ0) is 13.8. The molecule has 0 radical (unpaired) electrons. The molecule has 0 aliphatic heterocycles. The van der Waals surface area contributed by atoms with Gasteiger partial charge in [0.1, 0.15) is 11.5 Å². The van der Waals surface area contributed by atoms with E-state index >= 15 is 0 Å². The third-order valence-electron chi connectivity index (χ3n) is 2.87.